The van der Waals surface area contributed by atoms with Crippen LogP contribution in [0, 0.1) is 6.92 Å². The fraction of sp³-hybridized carbons (Fsp3) is 0.333. The number of nitrogens with two attached hydrogens (primary N) is 1. The highest BCUT2D eigenvalue weighted by atomic mass is 16.5. The Morgan fingerprint density at radius 3 is 2.29 bits per heavy atom. The summed E-state index contributed by atoms with van der Waals surface area (Å²) >= 11 is 0. The molecule has 2 aromatic rings. The van der Waals surface area contributed by atoms with Crippen molar-refractivity contribution in [3.63, 3.8) is 0 Å². The molecule has 1 aromatic heterocycles. The molecule has 0 bridgehead atoms. The zero-order chi connectivity index (χ0) is 15.4. The van der Waals surface area contributed by atoms with Crippen LogP contribution in [0.3, 0.4) is 0 Å². The van der Waals surface area contributed by atoms with E-state index in [1.54, 1.807) is 27.3 Å². The van der Waals surface area contributed by atoms with Gasteiger partial charge in [0.05, 0.1) is 26.4 Å². The monoisotopic (exact) mass is 289 g/mol. The van der Waals surface area contributed by atoms with Gasteiger partial charge in [0, 0.05) is 18.2 Å². The van der Waals surface area contributed by atoms with E-state index in [0.717, 1.165) is 11.1 Å². The minimum atomic E-state index is -0.150. The number of aliphatic hydroxyl groups excluding tert-OH is 1. The number of rotatable bonds is 5. The van der Waals surface area contributed by atoms with Crippen molar-refractivity contribution < 1.29 is 14.6 Å². The van der Waals surface area contributed by atoms with Crippen LogP contribution in [0.15, 0.2) is 18.3 Å². The molecule has 112 valence electrons. The molecular weight excluding hydrogens is 270 g/mol. The van der Waals surface area contributed by atoms with Crippen LogP contribution in [-0.4, -0.2) is 29.3 Å². The SMILES string of the molecule is COc1cc(Cc2cnc(C)nc2N)cc(OC)c1CO. The highest BCUT2D eigenvalue weighted by Gasteiger charge is 2.13. The lowest BCUT2D eigenvalue weighted by Crippen LogP contribution is -2.03. The Morgan fingerprint density at radius 1 is 1.19 bits per heavy atom. The number of hydrogen-bond acceptors (Lipinski definition) is 6. The van der Waals surface area contributed by atoms with Crippen LogP contribution in [0.25, 0.3) is 0 Å². The van der Waals surface area contributed by atoms with Crippen molar-refractivity contribution in [3.05, 3.63) is 40.8 Å². The molecule has 2 rings (SSSR count). The zero-order valence-electron chi connectivity index (χ0n) is 12.4. The maximum Gasteiger partial charge on any atom is 0.130 e. The summed E-state index contributed by atoms with van der Waals surface area (Å²) in [4.78, 5) is 8.31. The van der Waals surface area contributed by atoms with Crippen molar-refractivity contribution in [2.75, 3.05) is 20.0 Å². The average Bonchev–Trinajstić information content (AvgIpc) is 2.49. The Balaban J connectivity index is 2.40. The summed E-state index contributed by atoms with van der Waals surface area (Å²) in [5, 5.41) is 9.42. The number of nitrogen functional groups attached to an aromatic ring is 1. The molecule has 0 spiro atoms. The summed E-state index contributed by atoms with van der Waals surface area (Å²) in [6.45, 7) is 1.64. The number of aliphatic hydroxyl groups is 1. The van der Waals surface area contributed by atoms with E-state index >= 15 is 0 Å². The molecule has 6 nitrogen and oxygen atoms in total. The number of aromatic nitrogens is 2. The van der Waals surface area contributed by atoms with Crippen LogP contribution >= 0.6 is 0 Å². The van der Waals surface area contributed by atoms with Crippen LogP contribution in [0.1, 0.15) is 22.5 Å². The topological polar surface area (TPSA) is 90.5 Å². The Labute approximate surface area is 123 Å². The predicted octanol–water partition coefficient (Wildman–Crippen LogP) is 1.47. The molecule has 3 N–H and O–H groups in total. The summed E-state index contributed by atoms with van der Waals surface area (Å²) < 4.78 is 10.6. The maximum absolute atomic E-state index is 9.42. The number of hydrogen-bond donors (Lipinski definition) is 2. The second kappa shape index (κ2) is 6.41. The van der Waals surface area contributed by atoms with Crippen molar-refractivity contribution in [3.8, 4) is 11.5 Å². The van der Waals surface area contributed by atoms with E-state index in [4.69, 9.17) is 15.2 Å². The quantitative estimate of drug-likeness (QED) is 0.866. The van der Waals surface area contributed by atoms with Crippen molar-refractivity contribution in [2.45, 2.75) is 20.0 Å². The predicted molar refractivity (Wildman–Crippen MR) is 79.5 cm³/mol. The third-order valence-corrected chi connectivity index (χ3v) is 3.24. The molecule has 1 heterocycles. The first-order valence-electron chi connectivity index (χ1n) is 6.51. The van der Waals surface area contributed by atoms with E-state index < -0.39 is 0 Å². The summed E-state index contributed by atoms with van der Waals surface area (Å²) in [5.41, 5.74) is 8.31. The number of aryl methyl sites for hydroxylation is 1. The molecule has 0 aliphatic carbocycles. The Hall–Kier alpha value is -2.34. The maximum atomic E-state index is 9.42. The Bertz CT molecular complexity index is 619. The largest absolute Gasteiger partial charge is 0.496 e. The van der Waals surface area contributed by atoms with E-state index in [1.165, 1.54) is 0 Å². The lowest BCUT2D eigenvalue weighted by atomic mass is 10.0. The summed E-state index contributed by atoms with van der Waals surface area (Å²) in [6.07, 6.45) is 2.28. The molecule has 6 heteroatoms. The van der Waals surface area contributed by atoms with Crippen LogP contribution in [0.5, 0.6) is 11.5 Å². The number of methoxy groups -OCH3 is 2. The van der Waals surface area contributed by atoms with E-state index in [9.17, 15) is 5.11 Å². The highest BCUT2D eigenvalue weighted by molar-refractivity contribution is 5.50. The molecule has 21 heavy (non-hydrogen) atoms. The van der Waals surface area contributed by atoms with E-state index in [2.05, 4.69) is 9.97 Å². The van der Waals surface area contributed by atoms with Crippen molar-refractivity contribution in [2.24, 2.45) is 0 Å². The Kier molecular flexibility index (Phi) is 4.59. The number of ether oxygens (including phenoxy) is 2. The van der Waals surface area contributed by atoms with Gasteiger partial charge in [0.15, 0.2) is 0 Å². The molecule has 0 atom stereocenters. The lowest BCUT2D eigenvalue weighted by molar-refractivity contribution is 0.265. The normalized spacial score (nSPS) is 10.5. The van der Waals surface area contributed by atoms with Crippen molar-refractivity contribution >= 4 is 5.82 Å². The van der Waals surface area contributed by atoms with Gasteiger partial charge in [0.2, 0.25) is 0 Å². The van der Waals surface area contributed by atoms with Crippen LogP contribution in [0.2, 0.25) is 0 Å². The smallest absolute Gasteiger partial charge is 0.130 e. The van der Waals surface area contributed by atoms with Gasteiger partial charge in [-0.15, -0.1) is 0 Å². The van der Waals surface area contributed by atoms with Gasteiger partial charge in [-0.25, -0.2) is 9.97 Å². The second-order valence-electron chi connectivity index (χ2n) is 4.64. The van der Waals surface area contributed by atoms with Gasteiger partial charge >= 0.3 is 0 Å². The molecule has 1 aromatic carbocycles. The molecule has 0 aliphatic rings. The van der Waals surface area contributed by atoms with Crippen molar-refractivity contribution in [1.29, 1.82) is 0 Å². The van der Waals surface area contributed by atoms with Gasteiger partial charge in [-0.2, -0.15) is 0 Å². The molecular formula is C15H19N3O3. The van der Waals surface area contributed by atoms with Gasteiger partial charge in [0.1, 0.15) is 23.1 Å². The minimum Gasteiger partial charge on any atom is -0.496 e. The zero-order valence-corrected chi connectivity index (χ0v) is 12.4. The minimum absolute atomic E-state index is 0.150. The first kappa shape index (κ1) is 15.1. The summed E-state index contributed by atoms with van der Waals surface area (Å²) in [6, 6.07) is 3.71. The molecule has 0 aliphatic heterocycles. The molecule has 0 radical (unpaired) electrons. The number of benzene rings is 1. The molecule has 0 fully saturated rings. The fourth-order valence-electron chi connectivity index (χ4n) is 2.16. The highest BCUT2D eigenvalue weighted by Crippen LogP contribution is 2.31. The molecule has 0 saturated carbocycles. The lowest BCUT2D eigenvalue weighted by Gasteiger charge is -2.14. The van der Waals surface area contributed by atoms with Gasteiger partial charge in [0.25, 0.3) is 0 Å². The first-order valence-corrected chi connectivity index (χ1v) is 6.51. The molecule has 0 amide bonds. The average molecular weight is 289 g/mol. The third kappa shape index (κ3) is 3.22. The number of nitrogens with zero attached hydrogens (tertiary/aromatic N) is 2. The second-order valence-corrected chi connectivity index (χ2v) is 4.64. The van der Waals surface area contributed by atoms with E-state index in [-0.39, 0.29) is 6.61 Å². The van der Waals surface area contributed by atoms with Crippen molar-refractivity contribution in [1.82, 2.24) is 9.97 Å². The van der Waals surface area contributed by atoms with Gasteiger partial charge in [-0.1, -0.05) is 0 Å². The molecule has 0 saturated heterocycles. The van der Waals surface area contributed by atoms with Crippen LogP contribution in [-0.2, 0) is 13.0 Å². The van der Waals surface area contributed by atoms with E-state index in [1.807, 2.05) is 12.1 Å². The van der Waals surface area contributed by atoms with Crippen LogP contribution in [0.4, 0.5) is 5.82 Å². The summed E-state index contributed by atoms with van der Waals surface area (Å²) in [5.74, 6) is 2.27. The van der Waals surface area contributed by atoms with Crippen LogP contribution < -0.4 is 15.2 Å². The third-order valence-electron chi connectivity index (χ3n) is 3.24. The van der Waals surface area contributed by atoms with E-state index in [0.29, 0.717) is 35.1 Å². The standard InChI is InChI=1S/C15H19N3O3/c1-9-17-7-11(15(16)18-9)4-10-5-13(20-2)12(8-19)14(6-10)21-3/h5-7,19H,4,8H2,1-3H3,(H2,16,17,18). The van der Waals surface area contributed by atoms with Gasteiger partial charge in [-0.3, -0.25) is 0 Å². The fourth-order valence-corrected chi connectivity index (χ4v) is 2.16. The van der Waals surface area contributed by atoms with Gasteiger partial charge < -0.3 is 20.3 Å². The summed E-state index contributed by atoms with van der Waals surface area (Å²) in [7, 11) is 3.11. The number of anilines is 1. The Morgan fingerprint density at radius 2 is 1.81 bits per heavy atom. The molecule has 0 unspecified atom stereocenters. The van der Waals surface area contributed by atoms with Gasteiger partial charge in [-0.05, 0) is 24.6 Å². The first-order chi connectivity index (χ1) is 10.1.